The first-order chi connectivity index (χ1) is 12.5. The molecule has 0 aliphatic carbocycles. The fourth-order valence-electron chi connectivity index (χ4n) is 2.28. The molecule has 3 aromatic rings. The number of aromatic nitrogens is 1. The van der Waals surface area contributed by atoms with Crippen LogP contribution >= 0.6 is 39.0 Å². The second-order valence-corrected chi connectivity index (χ2v) is 8.61. The van der Waals surface area contributed by atoms with Crippen LogP contribution in [0.15, 0.2) is 56.7 Å². The number of aryl methyl sites for hydroxylation is 1. The van der Waals surface area contributed by atoms with Crippen LogP contribution in [-0.4, -0.2) is 10.9 Å². The number of nitrogens with zero attached hydrogens (tertiary/aromatic N) is 1. The van der Waals surface area contributed by atoms with Crippen molar-refractivity contribution < 1.29 is 9.18 Å². The summed E-state index contributed by atoms with van der Waals surface area (Å²) < 4.78 is 15.5. The van der Waals surface area contributed by atoms with E-state index in [-0.39, 0.29) is 18.1 Å². The van der Waals surface area contributed by atoms with Crippen LogP contribution in [-0.2, 0) is 17.0 Å². The van der Waals surface area contributed by atoms with Gasteiger partial charge in [0.2, 0.25) is 5.91 Å². The standard InChI is InChI=1S/C19H16BrFN2OS2/c1-12-8-14(6-7-16(12)20)22-18(24)9-15-11-26-19(23-15)25-10-13-4-2-3-5-17(13)21/h2-8,11H,9-10H2,1H3,(H,22,24). The first-order valence-corrected chi connectivity index (χ1v) is 10.5. The van der Waals surface area contributed by atoms with Gasteiger partial charge >= 0.3 is 0 Å². The monoisotopic (exact) mass is 450 g/mol. The summed E-state index contributed by atoms with van der Waals surface area (Å²) in [6.45, 7) is 1.97. The summed E-state index contributed by atoms with van der Waals surface area (Å²) in [4.78, 5) is 16.7. The van der Waals surface area contributed by atoms with Gasteiger partial charge in [-0.25, -0.2) is 9.37 Å². The van der Waals surface area contributed by atoms with Crippen LogP contribution in [0.4, 0.5) is 10.1 Å². The Balaban J connectivity index is 1.55. The minimum atomic E-state index is -0.207. The first-order valence-electron chi connectivity index (χ1n) is 7.88. The maximum atomic E-state index is 13.6. The highest BCUT2D eigenvalue weighted by molar-refractivity contribution is 9.10. The summed E-state index contributed by atoms with van der Waals surface area (Å²) in [7, 11) is 0. The number of carbonyl (C=O) groups is 1. The van der Waals surface area contributed by atoms with Crippen LogP contribution in [0.3, 0.4) is 0 Å². The number of thioether (sulfide) groups is 1. The molecule has 0 bridgehead atoms. The highest BCUT2D eigenvalue weighted by atomic mass is 79.9. The Labute approximate surface area is 168 Å². The van der Waals surface area contributed by atoms with Crippen LogP contribution in [0.5, 0.6) is 0 Å². The number of benzene rings is 2. The van der Waals surface area contributed by atoms with Crippen molar-refractivity contribution in [1.82, 2.24) is 4.98 Å². The van der Waals surface area contributed by atoms with E-state index in [1.54, 1.807) is 12.1 Å². The van der Waals surface area contributed by atoms with Gasteiger partial charge in [-0.1, -0.05) is 45.9 Å². The molecule has 26 heavy (non-hydrogen) atoms. The Kier molecular flexibility index (Phi) is 6.45. The van der Waals surface area contributed by atoms with Gasteiger partial charge in [0.05, 0.1) is 12.1 Å². The molecule has 3 nitrogen and oxygen atoms in total. The number of hydrogen-bond donors (Lipinski definition) is 1. The summed E-state index contributed by atoms with van der Waals surface area (Å²) in [5, 5.41) is 4.75. The fourth-order valence-corrected chi connectivity index (χ4v) is 4.36. The van der Waals surface area contributed by atoms with Gasteiger partial charge in [0.15, 0.2) is 0 Å². The highest BCUT2D eigenvalue weighted by Gasteiger charge is 2.10. The van der Waals surface area contributed by atoms with Crippen molar-refractivity contribution in [2.75, 3.05) is 5.32 Å². The largest absolute Gasteiger partial charge is 0.326 e. The third-order valence-electron chi connectivity index (χ3n) is 3.62. The maximum Gasteiger partial charge on any atom is 0.230 e. The predicted molar refractivity (Wildman–Crippen MR) is 109 cm³/mol. The number of hydrogen-bond acceptors (Lipinski definition) is 4. The van der Waals surface area contributed by atoms with Crippen molar-refractivity contribution in [1.29, 1.82) is 0 Å². The molecule has 3 rings (SSSR count). The van der Waals surface area contributed by atoms with Crippen molar-refractivity contribution in [2.45, 2.75) is 23.4 Å². The van der Waals surface area contributed by atoms with E-state index in [9.17, 15) is 9.18 Å². The number of halogens is 2. The van der Waals surface area contributed by atoms with Gasteiger partial charge < -0.3 is 5.32 Å². The molecule has 1 N–H and O–H groups in total. The van der Waals surface area contributed by atoms with Crippen LogP contribution in [0, 0.1) is 12.7 Å². The number of rotatable bonds is 6. The zero-order valence-corrected chi connectivity index (χ0v) is 17.2. The molecular formula is C19H16BrFN2OS2. The van der Waals surface area contributed by atoms with E-state index in [0.29, 0.717) is 11.3 Å². The Hall–Kier alpha value is -1.70. The van der Waals surface area contributed by atoms with Crippen molar-refractivity contribution >= 4 is 50.6 Å². The number of thiazole rings is 1. The third-order valence-corrected chi connectivity index (χ3v) is 6.63. The van der Waals surface area contributed by atoms with E-state index in [2.05, 4.69) is 26.2 Å². The normalized spacial score (nSPS) is 10.7. The molecule has 0 saturated heterocycles. The van der Waals surface area contributed by atoms with Gasteiger partial charge in [-0.3, -0.25) is 4.79 Å². The Bertz CT molecular complexity index is 929. The molecule has 0 radical (unpaired) electrons. The Morgan fingerprint density at radius 1 is 1.31 bits per heavy atom. The highest BCUT2D eigenvalue weighted by Crippen LogP contribution is 2.27. The molecule has 0 fully saturated rings. The van der Waals surface area contributed by atoms with E-state index in [1.165, 1.54) is 29.2 Å². The number of nitrogens with one attached hydrogen (secondary N) is 1. The van der Waals surface area contributed by atoms with Gasteiger partial charge in [0, 0.05) is 21.3 Å². The molecular weight excluding hydrogens is 435 g/mol. The molecule has 1 amide bonds. The molecule has 0 aliphatic heterocycles. The maximum absolute atomic E-state index is 13.6. The Morgan fingerprint density at radius 3 is 2.88 bits per heavy atom. The number of anilines is 1. The lowest BCUT2D eigenvalue weighted by atomic mass is 10.2. The van der Waals surface area contributed by atoms with Gasteiger partial charge in [-0.2, -0.15) is 0 Å². The molecule has 0 atom stereocenters. The van der Waals surface area contributed by atoms with Gasteiger partial charge in [0.1, 0.15) is 10.2 Å². The second-order valence-electron chi connectivity index (χ2n) is 5.67. The van der Waals surface area contributed by atoms with Crippen molar-refractivity contribution in [3.05, 3.63) is 75.0 Å². The van der Waals surface area contributed by atoms with Gasteiger partial charge in [-0.15, -0.1) is 11.3 Å². The molecule has 134 valence electrons. The lowest BCUT2D eigenvalue weighted by Crippen LogP contribution is -2.14. The predicted octanol–water partition coefficient (Wildman–Crippen LogP) is 5.83. The minimum absolute atomic E-state index is 0.109. The summed E-state index contributed by atoms with van der Waals surface area (Å²) in [6.07, 6.45) is 0.214. The molecule has 7 heteroatoms. The summed E-state index contributed by atoms with van der Waals surface area (Å²) in [5.41, 5.74) is 3.19. The molecule has 2 aromatic carbocycles. The zero-order valence-electron chi connectivity index (χ0n) is 14.0. The van der Waals surface area contributed by atoms with E-state index in [4.69, 9.17) is 0 Å². The molecule has 0 unspecified atom stereocenters. The number of carbonyl (C=O) groups excluding carboxylic acids is 1. The average Bonchev–Trinajstić information content (AvgIpc) is 3.05. The molecule has 1 aromatic heterocycles. The molecule has 1 heterocycles. The van der Waals surface area contributed by atoms with E-state index >= 15 is 0 Å². The van der Waals surface area contributed by atoms with E-state index in [1.807, 2.05) is 36.6 Å². The van der Waals surface area contributed by atoms with Crippen LogP contribution in [0.2, 0.25) is 0 Å². The first kappa shape index (κ1) is 19.1. The van der Waals surface area contributed by atoms with Crippen LogP contribution in [0.1, 0.15) is 16.8 Å². The lowest BCUT2D eigenvalue weighted by Gasteiger charge is -2.06. The third kappa shape index (κ3) is 5.16. The second kappa shape index (κ2) is 8.79. The molecule has 0 saturated carbocycles. The van der Waals surface area contributed by atoms with Crippen LogP contribution < -0.4 is 5.32 Å². The smallest absolute Gasteiger partial charge is 0.230 e. The quantitative estimate of drug-likeness (QED) is 0.480. The fraction of sp³-hybridized carbons (Fsp3) is 0.158. The van der Waals surface area contributed by atoms with Crippen molar-refractivity contribution in [3.8, 4) is 0 Å². The summed E-state index contributed by atoms with van der Waals surface area (Å²) in [5.74, 6) is 0.202. The Morgan fingerprint density at radius 2 is 2.12 bits per heavy atom. The number of amides is 1. The van der Waals surface area contributed by atoms with Crippen LogP contribution in [0.25, 0.3) is 0 Å². The molecule has 0 aliphatic rings. The van der Waals surface area contributed by atoms with E-state index < -0.39 is 0 Å². The summed E-state index contributed by atoms with van der Waals surface area (Å²) >= 11 is 6.39. The SMILES string of the molecule is Cc1cc(NC(=O)Cc2csc(SCc3ccccc3F)n2)ccc1Br. The zero-order chi connectivity index (χ0) is 18.5. The molecule has 0 spiro atoms. The van der Waals surface area contributed by atoms with E-state index in [0.717, 1.165) is 25.8 Å². The van der Waals surface area contributed by atoms with Gasteiger partial charge in [-0.05, 0) is 42.3 Å². The summed E-state index contributed by atoms with van der Waals surface area (Å²) in [6, 6.07) is 12.4. The van der Waals surface area contributed by atoms with Gasteiger partial charge in [0.25, 0.3) is 0 Å². The lowest BCUT2D eigenvalue weighted by molar-refractivity contribution is -0.115. The minimum Gasteiger partial charge on any atom is -0.326 e. The average molecular weight is 451 g/mol. The van der Waals surface area contributed by atoms with Crippen molar-refractivity contribution in [3.63, 3.8) is 0 Å². The topological polar surface area (TPSA) is 42.0 Å². The van der Waals surface area contributed by atoms with Crippen molar-refractivity contribution in [2.24, 2.45) is 0 Å².